The van der Waals surface area contributed by atoms with Gasteiger partial charge in [-0.25, -0.2) is 0 Å². The van der Waals surface area contributed by atoms with Crippen LogP contribution in [-0.2, 0) is 0 Å². The van der Waals surface area contributed by atoms with E-state index in [1.54, 1.807) is 0 Å². The fourth-order valence-electron chi connectivity index (χ4n) is 3.20. The molecule has 0 aromatic carbocycles. The Morgan fingerprint density at radius 2 is 2.00 bits per heavy atom. The van der Waals surface area contributed by atoms with Crippen LogP contribution < -0.4 is 5.43 Å². The standard InChI is InChI=1S/C21H27N3/c1-8-15-12-19-17(10-3)16(9-2)18(11-4)21(24-23-13(5)6)20(19)22-14(15)7/h1,9-11,13-15,23H,3,12H2,2,4-7H3/b16-9-,18-11+,24-21-. The number of rotatable bonds is 3. The van der Waals surface area contributed by atoms with Crippen LogP contribution in [-0.4, -0.2) is 23.5 Å². The summed E-state index contributed by atoms with van der Waals surface area (Å²) in [6, 6.07) is 0.354. The minimum Gasteiger partial charge on any atom is -0.307 e. The van der Waals surface area contributed by atoms with Crippen molar-refractivity contribution in [2.75, 3.05) is 0 Å². The summed E-state index contributed by atoms with van der Waals surface area (Å²) in [5.74, 6) is 3.00. The molecule has 126 valence electrons. The Hall–Kier alpha value is -2.34. The van der Waals surface area contributed by atoms with E-state index < -0.39 is 0 Å². The van der Waals surface area contributed by atoms with Crippen molar-refractivity contribution in [1.29, 1.82) is 0 Å². The maximum absolute atomic E-state index is 5.72. The molecule has 2 aliphatic rings. The van der Waals surface area contributed by atoms with E-state index in [1.165, 1.54) is 0 Å². The van der Waals surface area contributed by atoms with Gasteiger partial charge in [0.2, 0.25) is 0 Å². The molecule has 3 nitrogen and oxygen atoms in total. The predicted molar refractivity (Wildman–Crippen MR) is 104 cm³/mol. The molecule has 2 unspecified atom stereocenters. The second-order valence-electron chi connectivity index (χ2n) is 6.44. The zero-order valence-electron chi connectivity index (χ0n) is 15.4. The number of nitrogens with zero attached hydrogens (tertiary/aromatic N) is 2. The van der Waals surface area contributed by atoms with Crippen LogP contribution in [0.5, 0.6) is 0 Å². The monoisotopic (exact) mass is 321 g/mol. The number of nitrogens with one attached hydrogen (secondary N) is 1. The van der Waals surface area contributed by atoms with Crippen molar-refractivity contribution in [2.45, 2.75) is 53.1 Å². The third-order valence-electron chi connectivity index (χ3n) is 4.44. The topological polar surface area (TPSA) is 36.8 Å². The van der Waals surface area contributed by atoms with Crippen molar-refractivity contribution in [3.63, 3.8) is 0 Å². The Bertz CT molecular complexity index is 721. The summed E-state index contributed by atoms with van der Waals surface area (Å²) in [5, 5.41) is 4.68. The minimum atomic E-state index is 0.0920. The van der Waals surface area contributed by atoms with Crippen LogP contribution in [0.3, 0.4) is 0 Å². The Morgan fingerprint density at radius 1 is 1.33 bits per heavy atom. The second kappa shape index (κ2) is 7.49. The van der Waals surface area contributed by atoms with Gasteiger partial charge in [-0.1, -0.05) is 24.8 Å². The Morgan fingerprint density at radius 3 is 2.50 bits per heavy atom. The summed E-state index contributed by atoms with van der Waals surface area (Å²) in [6.07, 6.45) is 12.7. The highest BCUT2D eigenvalue weighted by molar-refractivity contribution is 6.56. The molecule has 0 radical (unpaired) electrons. The first-order valence-electron chi connectivity index (χ1n) is 8.55. The van der Waals surface area contributed by atoms with E-state index in [2.05, 4.69) is 55.9 Å². The molecule has 24 heavy (non-hydrogen) atoms. The van der Waals surface area contributed by atoms with E-state index >= 15 is 0 Å². The van der Waals surface area contributed by atoms with E-state index in [9.17, 15) is 0 Å². The molecule has 0 fully saturated rings. The van der Waals surface area contributed by atoms with Gasteiger partial charge in [0.25, 0.3) is 0 Å². The summed E-state index contributed by atoms with van der Waals surface area (Å²) in [7, 11) is 0. The largest absolute Gasteiger partial charge is 0.307 e. The lowest BCUT2D eigenvalue weighted by Gasteiger charge is -2.33. The van der Waals surface area contributed by atoms with Gasteiger partial charge in [0.1, 0.15) is 5.71 Å². The first kappa shape index (κ1) is 18.0. The van der Waals surface area contributed by atoms with E-state index in [-0.39, 0.29) is 18.0 Å². The van der Waals surface area contributed by atoms with Crippen molar-refractivity contribution in [1.82, 2.24) is 5.43 Å². The van der Waals surface area contributed by atoms with Gasteiger partial charge in [0.15, 0.2) is 0 Å². The van der Waals surface area contributed by atoms with Gasteiger partial charge in [-0.05, 0) is 57.8 Å². The number of aliphatic imine (C=N–C) groups is 1. The van der Waals surface area contributed by atoms with Gasteiger partial charge in [-0.15, -0.1) is 12.3 Å². The number of allylic oxidation sites excluding steroid dienone is 7. The summed E-state index contributed by atoms with van der Waals surface area (Å²) in [5.41, 5.74) is 9.57. The van der Waals surface area contributed by atoms with E-state index in [0.29, 0.717) is 0 Å². The maximum atomic E-state index is 5.72. The van der Waals surface area contributed by atoms with Crippen LogP contribution in [0.15, 0.2) is 57.2 Å². The first-order chi connectivity index (χ1) is 11.5. The SMILES string of the molecule is C#CC1CC2=C(C=C)C(=C/C)/C(=C\C)C(=N/NC(C)C)/C2=NC1C. The molecule has 0 saturated carbocycles. The van der Waals surface area contributed by atoms with Crippen molar-refractivity contribution in [3.8, 4) is 12.3 Å². The van der Waals surface area contributed by atoms with Crippen molar-refractivity contribution >= 4 is 11.4 Å². The average Bonchev–Trinajstić information content (AvgIpc) is 2.57. The van der Waals surface area contributed by atoms with Crippen LogP contribution in [0.25, 0.3) is 0 Å². The average molecular weight is 321 g/mol. The van der Waals surface area contributed by atoms with Gasteiger partial charge in [0.05, 0.1) is 11.8 Å². The van der Waals surface area contributed by atoms with Crippen LogP contribution in [0.4, 0.5) is 0 Å². The molecule has 0 saturated heterocycles. The molecule has 1 aliphatic carbocycles. The Balaban J connectivity index is 2.74. The number of hydrazone groups is 1. The van der Waals surface area contributed by atoms with Crippen LogP contribution in [0.1, 0.15) is 41.0 Å². The smallest absolute Gasteiger partial charge is 0.116 e. The quantitative estimate of drug-likeness (QED) is 0.613. The lowest BCUT2D eigenvalue weighted by Crippen LogP contribution is -2.36. The van der Waals surface area contributed by atoms with Gasteiger partial charge < -0.3 is 5.43 Å². The highest BCUT2D eigenvalue weighted by Crippen LogP contribution is 2.38. The molecule has 1 heterocycles. The van der Waals surface area contributed by atoms with Crippen LogP contribution >= 0.6 is 0 Å². The predicted octanol–water partition coefficient (Wildman–Crippen LogP) is 4.21. The molecule has 0 aromatic heterocycles. The van der Waals surface area contributed by atoms with E-state index in [0.717, 1.165) is 40.1 Å². The molecule has 2 rings (SSSR count). The first-order valence-corrected chi connectivity index (χ1v) is 8.55. The molecule has 1 aliphatic heterocycles. The Kier molecular flexibility index (Phi) is 5.62. The zero-order valence-corrected chi connectivity index (χ0v) is 15.4. The number of hydrogen-bond acceptors (Lipinski definition) is 3. The molecular weight excluding hydrogens is 294 g/mol. The van der Waals surface area contributed by atoms with Crippen LogP contribution in [0, 0.1) is 18.3 Å². The summed E-state index contributed by atoms with van der Waals surface area (Å²) in [4.78, 5) is 4.91. The number of fused-ring (bicyclic) bond motifs is 1. The van der Waals surface area contributed by atoms with Gasteiger partial charge in [-0.2, -0.15) is 5.10 Å². The third-order valence-corrected chi connectivity index (χ3v) is 4.44. The maximum Gasteiger partial charge on any atom is 0.116 e. The molecule has 3 heteroatoms. The van der Waals surface area contributed by atoms with E-state index in [1.807, 2.05) is 19.9 Å². The zero-order chi connectivity index (χ0) is 17.9. The lowest BCUT2D eigenvalue weighted by molar-refractivity contribution is 0.541. The molecule has 2 atom stereocenters. The third kappa shape index (κ3) is 3.14. The van der Waals surface area contributed by atoms with Gasteiger partial charge in [0, 0.05) is 17.5 Å². The van der Waals surface area contributed by atoms with Crippen molar-refractivity contribution in [3.05, 3.63) is 47.1 Å². The second-order valence-corrected chi connectivity index (χ2v) is 6.44. The van der Waals surface area contributed by atoms with Gasteiger partial charge in [-0.3, -0.25) is 4.99 Å². The normalized spacial score (nSPS) is 28.9. The van der Waals surface area contributed by atoms with Crippen molar-refractivity contribution < 1.29 is 0 Å². The molecule has 0 amide bonds. The molecule has 1 N–H and O–H groups in total. The molecule has 0 bridgehead atoms. The minimum absolute atomic E-state index is 0.0920. The summed E-state index contributed by atoms with van der Waals surface area (Å²) < 4.78 is 0. The van der Waals surface area contributed by atoms with Gasteiger partial charge >= 0.3 is 0 Å². The molecular formula is C21H27N3. The van der Waals surface area contributed by atoms with Crippen molar-refractivity contribution in [2.24, 2.45) is 16.0 Å². The van der Waals surface area contributed by atoms with E-state index in [4.69, 9.17) is 11.4 Å². The lowest BCUT2D eigenvalue weighted by atomic mass is 9.75. The number of terminal acetylenes is 1. The molecule has 0 aromatic rings. The molecule has 0 spiro atoms. The van der Waals surface area contributed by atoms with Crippen LogP contribution in [0.2, 0.25) is 0 Å². The Labute approximate surface area is 146 Å². The number of hydrogen-bond donors (Lipinski definition) is 1. The summed E-state index contributed by atoms with van der Waals surface area (Å²) in [6.45, 7) is 14.3. The fraction of sp³-hybridized carbons (Fsp3) is 0.429. The summed E-state index contributed by atoms with van der Waals surface area (Å²) >= 11 is 0. The fourth-order valence-corrected chi connectivity index (χ4v) is 3.20. The highest BCUT2D eigenvalue weighted by Gasteiger charge is 2.35. The highest BCUT2D eigenvalue weighted by atomic mass is 15.3.